The molecule has 1 amide bonds. The van der Waals surface area contributed by atoms with Gasteiger partial charge in [0.05, 0.1) is 28.2 Å². The number of sulfone groups is 1. The molecule has 0 N–H and O–H groups in total. The minimum atomic E-state index is -3.19. The average Bonchev–Trinajstić information content (AvgIpc) is 3.15. The van der Waals surface area contributed by atoms with Gasteiger partial charge >= 0.3 is 0 Å². The van der Waals surface area contributed by atoms with E-state index in [2.05, 4.69) is 0 Å². The number of hydrogen-bond acceptors (Lipinski definition) is 4. The van der Waals surface area contributed by atoms with Crippen molar-refractivity contribution in [3.63, 3.8) is 0 Å². The summed E-state index contributed by atoms with van der Waals surface area (Å²) in [5.41, 5.74) is 1.25. The first-order valence-corrected chi connectivity index (χ1v) is 13.5. The molecule has 0 radical (unpaired) electrons. The summed E-state index contributed by atoms with van der Waals surface area (Å²) in [6.45, 7) is 2.71. The third-order valence-corrected chi connectivity index (χ3v) is 8.14. The van der Waals surface area contributed by atoms with E-state index in [1.54, 1.807) is 17.0 Å². The van der Waals surface area contributed by atoms with Gasteiger partial charge in [-0.25, -0.2) is 8.42 Å². The van der Waals surface area contributed by atoms with Crippen molar-refractivity contribution in [2.24, 2.45) is 0 Å². The maximum Gasteiger partial charge on any atom is 0.254 e. The summed E-state index contributed by atoms with van der Waals surface area (Å²) in [5, 5.41) is 2.59. The van der Waals surface area contributed by atoms with Crippen LogP contribution >= 0.6 is 23.2 Å². The second-order valence-electron chi connectivity index (χ2n) is 8.25. The van der Waals surface area contributed by atoms with Crippen LogP contribution < -0.4 is 4.74 Å². The molecule has 8 heteroatoms. The van der Waals surface area contributed by atoms with E-state index in [1.165, 1.54) is 0 Å². The number of ether oxygens (including phenoxy) is 1. The standard InChI is InChI=1S/C25H25Cl2NO4S/c1-2-11-32-24-22(26)13-19(14-23(24)27)25(29)28(20-10-12-33(30,31)16-20)15-18-8-5-7-17-6-3-4-9-21(17)18/h3-9,13-14,20H,2,10-12,15-16H2,1H3/t20-/m0/s1. The Hall–Kier alpha value is -2.28. The number of fused-ring (bicyclic) bond motifs is 1. The molecule has 0 spiro atoms. The maximum atomic E-state index is 13.7. The Bertz CT molecular complexity index is 1260. The van der Waals surface area contributed by atoms with Crippen LogP contribution in [0.4, 0.5) is 0 Å². The molecule has 33 heavy (non-hydrogen) atoms. The highest BCUT2D eigenvalue weighted by Crippen LogP contribution is 2.35. The normalized spacial score (nSPS) is 17.2. The Morgan fingerprint density at radius 3 is 2.45 bits per heavy atom. The summed E-state index contributed by atoms with van der Waals surface area (Å²) in [5.74, 6) is 0.0574. The van der Waals surface area contributed by atoms with Gasteiger partial charge in [0.15, 0.2) is 15.6 Å². The van der Waals surface area contributed by atoms with Gasteiger partial charge in [0, 0.05) is 18.2 Å². The van der Waals surface area contributed by atoms with Gasteiger partial charge < -0.3 is 9.64 Å². The van der Waals surface area contributed by atoms with E-state index in [0.29, 0.717) is 24.3 Å². The lowest BCUT2D eigenvalue weighted by Crippen LogP contribution is -2.40. The average molecular weight is 506 g/mol. The highest BCUT2D eigenvalue weighted by Gasteiger charge is 2.35. The molecular formula is C25H25Cl2NO4S. The van der Waals surface area contributed by atoms with E-state index in [9.17, 15) is 13.2 Å². The number of benzene rings is 3. The first-order chi connectivity index (χ1) is 15.8. The van der Waals surface area contributed by atoms with Crippen LogP contribution in [-0.4, -0.2) is 43.4 Å². The summed E-state index contributed by atoms with van der Waals surface area (Å²) >= 11 is 12.8. The molecule has 1 saturated heterocycles. The van der Waals surface area contributed by atoms with Crippen molar-refractivity contribution in [3.8, 4) is 5.75 Å². The lowest BCUT2D eigenvalue weighted by molar-refractivity contribution is 0.0682. The lowest BCUT2D eigenvalue weighted by Gasteiger charge is -2.29. The topological polar surface area (TPSA) is 63.7 Å². The minimum absolute atomic E-state index is 0.0529. The number of halogens is 2. The molecule has 1 atom stereocenters. The van der Waals surface area contributed by atoms with Crippen LogP contribution in [0, 0.1) is 0 Å². The zero-order valence-corrected chi connectivity index (χ0v) is 20.6. The van der Waals surface area contributed by atoms with Gasteiger partial charge in [-0.15, -0.1) is 0 Å². The molecule has 0 aromatic heterocycles. The van der Waals surface area contributed by atoms with Crippen molar-refractivity contribution >= 4 is 49.7 Å². The van der Waals surface area contributed by atoms with Crippen LogP contribution in [0.5, 0.6) is 5.75 Å². The largest absolute Gasteiger partial charge is 0.490 e. The molecule has 5 nitrogen and oxygen atoms in total. The predicted molar refractivity (Wildman–Crippen MR) is 133 cm³/mol. The van der Waals surface area contributed by atoms with Gasteiger partial charge in [0.1, 0.15) is 0 Å². The van der Waals surface area contributed by atoms with Crippen molar-refractivity contribution in [1.29, 1.82) is 0 Å². The highest BCUT2D eigenvalue weighted by molar-refractivity contribution is 7.91. The summed E-state index contributed by atoms with van der Waals surface area (Å²) in [6, 6.07) is 16.5. The minimum Gasteiger partial charge on any atom is -0.490 e. The molecular weight excluding hydrogens is 481 g/mol. The number of amides is 1. The first-order valence-electron chi connectivity index (χ1n) is 10.9. The lowest BCUT2D eigenvalue weighted by atomic mass is 10.0. The van der Waals surface area contributed by atoms with Crippen LogP contribution in [-0.2, 0) is 16.4 Å². The Morgan fingerprint density at radius 1 is 1.09 bits per heavy atom. The fraction of sp³-hybridized carbons (Fsp3) is 0.320. The molecule has 3 aromatic rings. The number of carbonyl (C=O) groups excluding carboxylic acids is 1. The highest BCUT2D eigenvalue weighted by atomic mass is 35.5. The van der Waals surface area contributed by atoms with Crippen LogP contribution in [0.1, 0.15) is 35.7 Å². The molecule has 0 saturated carbocycles. The Morgan fingerprint density at radius 2 is 1.79 bits per heavy atom. The number of hydrogen-bond donors (Lipinski definition) is 0. The van der Waals surface area contributed by atoms with Crippen molar-refractivity contribution < 1.29 is 17.9 Å². The van der Waals surface area contributed by atoms with E-state index in [-0.39, 0.29) is 34.0 Å². The van der Waals surface area contributed by atoms with Gasteiger partial charge in [-0.05, 0) is 41.3 Å². The summed E-state index contributed by atoms with van der Waals surface area (Å²) in [6.07, 6.45) is 1.19. The second-order valence-corrected chi connectivity index (χ2v) is 11.3. The van der Waals surface area contributed by atoms with Crippen LogP contribution in [0.15, 0.2) is 54.6 Å². The third-order valence-electron chi connectivity index (χ3n) is 5.83. The molecule has 3 aromatic carbocycles. The van der Waals surface area contributed by atoms with Crippen molar-refractivity contribution in [3.05, 3.63) is 75.8 Å². The van der Waals surface area contributed by atoms with Gasteiger partial charge in [-0.1, -0.05) is 72.6 Å². The summed E-state index contributed by atoms with van der Waals surface area (Å²) in [4.78, 5) is 15.3. The monoisotopic (exact) mass is 505 g/mol. The fourth-order valence-electron chi connectivity index (χ4n) is 4.19. The molecule has 1 aliphatic rings. The second kappa shape index (κ2) is 9.92. The van der Waals surface area contributed by atoms with Crippen molar-refractivity contribution in [2.45, 2.75) is 32.4 Å². The van der Waals surface area contributed by atoms with Gasteiger partial charge in [-0.3, -0.25) is 4.79 Å². The molecule has 174 valence electrons. The summed E-state index contributed by atoms with van der Waals surface area (Å²) in [7, 11) is -3.19. The molecule has 4 rings (SSSR count). The number of rotatable bonds is 7. The summed E-state index contributed by atoms with van der Waals surface area (Å²) < 4.78 is 30.1. The predicted octanol–water partition coefficient (Wildman–Crippen LogP) is 5.76. The van der Waals surface area contributed by atoms with E-state index >= 15 is 0 Å². The van der Waals surface area contributed by atoms with Gasteiger partial charge in [-0.2, -0.15) is 0 Å². The third kappa shape index (κ3) is 5.29. The molecule has 1 fully saturated rings. The van der Waals surface area contributed by atoms with E-state index in [4.69, 9.17) is 27.9 Å². The quantitative estimate of drug-likeness (QED) is 0.409. The molecule has 1 aliphatic heterocycles. The Labute approximate surface area is 204 Å². The van der Waals surface area contributed by atoms with E-state index in [1.807, 2.05) is 49.4 Å². The molecule has 0 aliphatic carbocycles. The molecule has 0 bridgehead atoms. The van der Waals surface area contributed by atoms with E-state index in [0.717, 1.165) is 22.8 Å². The van der Waals surface area contributed by atoms with Crippen molar-refractivity contribution in [1.82, 2.24) is 4.90 Å². The number of carbonyl (C=O) groups is 1. The van der Waals surface area contributed by atoms with Crippen LogP contribution in [0.25, 0.3) is 10.8 Å². The fourth-order valence-corrected chi connectivity index (χ4v) is 6.52. The first kappa shape index (κ1) is 23.9. The SMILES string of the molecule is CCCOc1c(Cl)cc(C(=O)N(Cc2cccc3ccccc23)[C@H]2CCS(=O)(=O)C2)cc1Cl. The zero-order chi connectivity index (χ0) is 23.6. The zero-order valence-electron chi connectivity index (χ0n) is 18.3. The number of nitrogens with zero attached hydrogens (tertiary/aromatic N) is 1. The van der Waals surface area contributed by atoms with Crippen LogP contribution in [0.2, 0.25) is 10.0 Å². The Kier molecular flexibility index (Phi) is 7.17. The molecule has 0 unspecified atom stereocenters. The van der Waals surface area contributed by atoms with Gasteiger partial charge in [0.25, 0.3) is 5.91 Å². The van der Waals surface area contributed by atoms with Gasteiger partial charge in [0.2, 0.25) is 0 Å². The van der Waals surface area contributed by atoms with E-state index < -0.39 is 15.9 Å². The van der Waals surface area contributed by atoms with Crippen molar-refractivity contribution in [2.75, 3.05) is 18.1 Å². The smallest absolute Gasteiger partial charge is 0.254 e. The maximum absolute atomic E-state index is 13.7. The Balaban J connectivity index is 1.71. The molecule has 1 heterocycles. The van der Waals surface area contributed by atoms with Crippen LogP contribution in [0.3, 0.4) is 0 Å².